The van der Waals surface area contributed by atoms with Crippen molar-refractivity contribution >= 4 is 47.1 Å². The first-order valence-electron chi connectivity index (χ1n) is 22.8. The second-order valence-corrected chi connectivity index (χ2v) is 19.0. The van der Waals surface area contributed by atoms with Gasteiger partial charge in [0.15, 0.2) is 5.78 Å². The van der Waals surface area contributed by atoms with Gasteiger partial charge < -0.3 is 41.4 Å². The average Bonchev–Trinajstić information content (AvgIpc) is 3.22. The van der Waals surface area contributed by atoms with E-state index in [1.165, 1.54) is 32.8 Å². The van der Waals surface area contributed by atoms with Gasteiger partial charge in [0.05, 0.1) is 12.1 Å². The lowest BCUT2D eigenvalue weighted by atomic mass is 9.91. The van der Waals surface area contributed by atoms with Crippen LogP contribution >= 0.6 is 0 Å². The molecule has 1 rings (SSSR count). The zero-order valence-corrected chi connectivity index (χ0v) is 41.2. The molecule has 0 fully saturated rings. The van der Waals surface area contributed by atoms with Crippen molar-refractivity contribution in [2.45, 2.75) is 177 Å². The molecule has 1 aromatic rings. The monoisotopic (exact) mass is 901 g/mol. The van der Waals surface area contributed by atoms with Gasteiger partial charge in [0.2, 0.25) is 29.5 Å². The van der Waals surface area contributed by atoms with Crippen LogP contribution in [0.4, 0.5) is 0 Å². The molecule has 0 aromatic heterocycles. The van der Waals surface area contributed by atoms with E-state index in [0.29, 0.717) is 30.6 Å². The molecule has 64 heavy (non-hydrogen) atoms. The van der Waals surface area contributed by atoms with E-state index in [0.717, 1.165) is 0 Å². The number of hydrogen-bond acceptors (Lipinski definition) is 11. The first kappa shape index (κ1) is 57.2. The molecule has 5 amide bonds. The van der Waals surface area contributed by atoms with E-state index in [1.807, 2.05) is 55.4 Å². The van der Waals surface area contributed by atoms with Crippen molar-refractivity contribution in [2.24, 2.45) is 35.3 Å². The number of amides is 5. The molecule has 0 heterocycles. The van der Waals surface area contributed by atoms with Crippen molar-refractivity contribution in [3.05, 3.63) is 29.8 Å². The largest absolute Gasteiger partial charge is 0.488 e. The van der Waals surface area contributed by atoms with Gasteiger partial charge in [-0.05, 0) is 82.9 Å². The minimum atomic E-state index is -1.56. The molecule has 0 spiro atoms. The lowest BCUT2D eigenvalue weighted by Gasteiger charge is -2.33. The summed E-state index contributed by atoms with van der Waals surface area (Å²) in [6, 6.07) is 1.41. The maximum Gasteiger partial charge on any atom is 0.329 e. The third-order valence-corrected chi connectivity index (χ3v) is 11.5. The Morgan fingerprint density at radius 1 is 0.781 bits per heavy atom. The molecule has 0 unspecified atom stereocenters. The highest BCUT2D eigenvalue weighted by molar-refractivity contribution is 5.95. The molecule has 0 aliphatic heterocycles. The van der Waals surface area contributed by atoms with Crippen molar-refractivity contribution in [1.82, 2.24) is 26.2 Å². The summed E-state index contributed by atoms with van der Waals surface area (Å²) in [4.78, 5) is 110. The minimum Gasteiger partial charge on any atom is -0.488 e. The van der Waals surface area contributed by atoms with Gasteiger partial charge in [-0.3, -0.25) is 33.6 Å². The number of carbonyl (C=O) groups excluding carboxylic acids is 8. The van der Waals surface area contributed by atoms with Crippen molar-refractivity contribution in [3.8, 4) is 5.75 Å². The van der Waals surface area contributed by atoms with Crippen molar-refractivity contribution in [3.63, 3.8) is 0 Å². The van der Waals surface area contributed by atoms with Gasteiger partial charge in [0.25, 0.3) is 0 Å². The Morgan fingerprint density at radius 2 is 1.34 bits per heavy atom. The molecular weight excluding hydrogens is 821 g/mol. The normalized spacial score (nSPS) is 15.8. The lowest BCUT2D eigenvalue weighted by Crippen LogP contribution is -2.59. The average molecular weight is 901 g/mol. The van der Waals surface area contributed by atoms with Gasteiger partial charge in [-0.15, -0.1) is 0 Å². The van der Waals surface area contributed by atoms with Crippen LogP contribution in [-0.4, -0.2) is 108 Å². The fourth-order valence-corrected chi connectivity index (χ4v) is 6.77. The number of Topliss-reactive ketones (excluding diaryl/α,β-unsaturated/α-hetero) is 2. The van der Waals surface area contributed by atoms with E-state index in [1.54, 1.807) is 45.0 Å². The molecule has 0 aliphatic rings. The molecule has 16 heteroatoms. The highest BCUT2D eigenvalue weighted by Gasteiger charge is 2.39. The predicted octanol–water partition coefficient (Wildman–Crippen LogP) is 4.43. The SMILES string of the molecule is CC[C@H](C)[C@H](N)C(=O)N(C)[C@@H](Cc1ccc(OC(C)(C)C)cc1)C(=O)N[C@H](C(=O)O[C@H](C)[C@H](NC(=O)[C@H](CCC(=O)NC)CC(=O)C(C)C)C(=O)N[C@@H](CC(C)C)C(C)=O)[C@@H](C)CC. The van der Waals surface area contributed by atoms with Crippen molar-refractivity contribution in [1.29, 1.82) is 0 Å². The topological polar surface area (TPSA) is 232 Å². The van der Waals surface area contributed by atoms with Gasteiger partial charge in [-0.2, -0.15) is 0 Å². The van der Waals surface area contributed by atoms with E-state index in [2.05, 4.69) is 21.3 Å². The zero-order chi connectivity index (χ0) is 49.2. The first-order chi connectivity index (χ1) is 29.7. The van der Waals surface area contributed by atoms with Crippen LogP contribution in [0.15, 0.2) is 24.3 Å². The van der Waals surface area contributed by atoms with Gasteiger partial charge in [0, 0.05) is 45.2 Å². The fourth-order valence-electron chi connectivity index (χ4n) is 6.77. The number of benzene rings is 1. The molecule has 0 saturated carbocycles. The van der Waals surface area contributed by atoms with E-state index in [4.69, 9.17) is 15.2 Å². The summed E-state index contributed by atoms with van der Waals surface area (Å²) >= 11 is 0. The minimum absolute atomic E-state index is 0.00672. The number of carbonyl (C=O) groups is 8. The number of nitrogens with zero attached hydrogens (tertiary/aromatic N) is 1. The number of ketones is 2. The van der Waals surface area contributed by atoms with Crippen molar-refractivity contribution < 1.29 is 47.8 Å². The van der Waals surface area contributed by atoms with E-state index < -0.39 is 89.3 Å². The smallest absolute Gasteiger partial charge is 0.329 e. The van der Waals surface area contributed by atoms with E-state index in [-0.39, 0.29) is 55.0 Å². The zero-order valence-electron chi connectivity index (χ0n) is 41.2. The standard InChI is InChI=1S/C48H80N6O10/c1-16-29(7)40(49)46(61)54(15)37(25-33-18-21-35(22-19-33)64-48(11,12)13)44(59)52-41(30(8)17-2)47(62)63-32(10)42(45(60)51-36(31(9)55)24-27(3)4)53-43(58)34(20-23-39(57)50-14)26-38(56)28(5)6/h18-19,21-22,27-30,32,34,36-37,40-42H,16-17,20,23-26,49H2,1-15H3,(H,50,57)(H,51,60)(H,52,59)(H,53,58)/t29-,30-,32+,34+,36-,37-,40-,41-,42-/m0/s1. The summed E-state index contributed by atoms with van der Waals surface area (Å²) in [6.07, 6.45) is -0.239. The number of hydrogen-bond donors (Lipinski definition) is 5. The number of nitrogens with one attached hydrogen (secondary N) is 4. The van der Waals surface area contributed by atoms with Crippen LogP contribution in [0.1, 0.15) is 134 Å². The maximum atomic E-state index is 14.4. The van der Waals surface area contributed by atoms with Crippen molar-refractivity contribution in [2.75, 3.05) is 14.1 Å². The third-order valence-electron chi connectivity index (χ3n) is 11.5. The number of ether oxygens (including phenoxy) is 2. The maximum absolute atomic E-state index is 14.4. The second kappa shape index (κ2) is 26.8. The van der Waals surface area contributed by atoms with Gasteiger partial charge >= 0.3 is 5.97 Å². The first-order valence-corrected chi connectivity index (χ1v) is 22.8. The van der Waals surface area contributed by atoms with Gasteiger partial charge in [0.1, 0.15) is 41.4 Å². The number of nitrogens with two attached hydrogens (primary N) is 1. The highest BCUT2D eigenvalue weighted by atomic mass is 16.5. The number of likely N-dealkylation sites (N-methyl/N-ethyl adjacent to an activating group) is 1. The Kier molecular flexibility index (Phi) is 23.9. The quantitative estimate of drug-likeness (QED) is 0.0776. The van der Waals surface area contributed by atoms with Crippen LogP contribution < -0.4 is 31.7 Å². The van der Waals surface area contributed by atoms with Crippen LogP contribution in [0.5, 0.6) is 5.75 Å². The second-order valence-electron chi connectivity index (χ2n) is 19.0. The molecular formula is C48H80N6O10. The third kappa shape index (κ3) is 19.1. The van der Waals surface area contributed by atoms with Crippen LogP contribution in [0.25, 0.3) is 0 Å². The Balaban J connectivity index is 3.68. The number of rotatable bonds is 27. The Bertz CT molecular complexity index is 1730. The molecule has 362 valence electrons. The molecule has 0 saturated heterocycles. The summed E-state index contributed by atoms with van der Waals surface area (Å²) in [6.45, 7) is 23.0. The number of esters is 1. The summed E-state index contributed by atoms with van der Waals surface area (Å²) in [7, 11) is 2.95. The molecule has 0 bridgehead atoms. The summed E-state index contributed by atoms with van der Waals surface area (Å²) < 4.78 is 11.9. The summed E-state index contributed by atoms with van der Waals surface area (Å²) in [5.74, 6) is -5.90. The van der Waals surface area contributed by atoms with Gasteiger partial charge in [-0.1, -0.05) is 80.4 Å². The van der Waals surface area contributed by atoms with Gasteiger partial charge in [-0.25, -0.2) is 4.79 Å². The van der Waals surface area contributed by atoms with Crippen LogP contribution in [-0.2, 0) is 49.5 Å². The van der Waals surface area contributed by atoms with E-state index >= 15 is 0 Å². The molecule has 9 atom stereocenters. The summed E-state index contributed by atoms with van der Waals surface area (Å²) in [5.41, 5.74) is 6.65. The summed E-state index contributed by atoms with van der Waals surface area (Å²) in [5, 5.41) is 10.7. The van der Waals surface area contributed by atoms with Crippen LogP contribution in [0.3, 0.4) is 0 Å². The lowest BCUT2D eigenvalue weighted by molar-refractivity contribution is -0.158. The van der Waals surface area contributed by atoms with Crippen LogP contribution in [0.2, 0.25) is 0 Å². The molecule has 1 aromatic carbocycles. The highest BCUT2D eigenvalue weighted by Crippen LogP contribution is 2.22. The molecule has 0 radical (unpaired) electrons. The Labute approximate surface area is 382 Å². The Hall–Kier alpha value is -4.86. The Morgan fingerprint density at radius 3 is 1.83 bits per heavy atom. The fraction of sp³-hybridized carbons (Fsp3) is 0.708. The van der Waals surface area contributed by atoms with E-state index in [9.17, 15) is 38.4 Å². The predicted molar refractivity (Wildman–Crippen MR) is 247 cm³/mol. The molecule has 16 nitrogen and oxygen atoms in total. The molecule has 0 aliphatic carbocycles. The van der Waals surface area contributed by atoms with Crippen LogP contribution in [0, 0.1) is 29.6 Å². The molecule has 6 N–H and O–H groups in total.